The first-order valence-electron chi connectivity index (χ1n) is 6.31. The van der Waals surface area contributed by atoms with Gasteiger partial charge in [0.2, 0.25) is 0 Å². The average molecular weight is 301 g/mol. The van der Waals surface area contributed by atoms with Gasteiger partial charge in [-0.3, -0.25) is 0 Å². The molecule has 0 saturated heterocycles. The molecule has 2 aromatic rings. The zero-order valence-electron chi connectivity index (χ0n) is 11.5. The minimum Gasteiger partial charge on any atom is -0.377 e. The van der Waals surface area contributed by atoms with E-state index < -0.39 is 23.5 Å². The van der Waals surface area contributed by atoms with Gasteiger partial charge < -0.3 is 5.32 Å². The Balaban J connectivity index is 2.32. The van der Waals surface area contributed by atoms with Gasteiger partial charge in [-0.15, -0.1) is 0 Å². The number of hydrogen-bond acceptors (Lipinski definition) is 3. The highest BCUT2D eigenvalue weighted by Crippen LogP contribution is 2.25. The molecule has 2 aromatic carbocycles. The Morgan fingerprint density at radius 3 is 2.18 bits per heavy atom. The summed E-state index contributed by atoms with van der Waals surface area (Å²) in [6, 6.07) is 9.53. The summed E-state index contributed by atoms with van der Waals surface area (Å²) in [5, 5.41) is 20.8. The minimum absolute atomic E-state index is 0.199. The van der Waals surface area contributed by atoms with Crippen LogP contribution in [0.25, 0.3) is 0 Å². The molecule has 1 atom stereocenters. The highest BCUT2D eigenvalue weighted by atomic mass is 19.2. The van der Waals surface area contributed by atoms with Crippen LogP contribution in [0.5, 0.6) is 0 Å². The summed E-state index contributed by atoms with van der Waals surface area (Å²) in [5.41, 5.74) is 1.17. The molecule has 110 valence electrons. The van der Waals surface area contributed by atoms with Gasteiger partial charge in [-0.05, 0) is 42.8 Å². The number of halogens is 3. The van der Waals surface area contributed by atoms with Crippen LogP contribution < -0.4 is 5.32 Å². The normalized spacial score (nSPS) is 11.4. The second kappa shape index (κ2) is 6.19. The lowest BCUT2D eigenvalue weighted by Gasteiger charge is -2.17. The van der Waals surface area contributed by atoms with Crippen LogP contribution in [-0.4, -0.2) is 0 Å². The second-order valence-electron chi connectivity index (χ2n) is 4.65. The van der Waals surface area contributed by atoms with Crippen LogP contribution in [0.3, 0.4) is 0 Å². The number of anilines is 1. The van der Waals surface area contributed by atoms with Crippen LogP contribution in [0.1, 0.15) is 29.7 Å². The Kier molecular flexibility index (Phi) is 4.33. The van der Waals surface area contributed by atoms with Gasteiger partial charge >= 0.3 is 0 Å². The molecular formula is C16H10F3N3. The molecule has 3 nitrogen and oxygen atoms in total. The maximum Gasteiger partial charge on any atom is 0.194 e. The van der Waals surface area contributed by atoms with Gasteiger partial charge in [-0.2, -0.15) is 10.5 Å². The third-order valence-corrected chi connectivity index (χ3v) is 3.15. The Labute approximate surface area is 125 Å². The van der Waals surface area contributed by atoms with Gasteiger partial charge in [-0.1, -0.05) is 0 Å². The lowest BCUT2D eigenvalue weighted by molar-refractivity contribution is 0.444. The van der Waals surface area contributed by atoms with Gasteiger partial charge in [0.15, 0.2) is 17.5 Å². The molecule has 0 radical (unpaired) electrons. The molecule has 1 unspecified atom stereocenters. The van der Waals surface area contributed by atoms with E-state index in [1.165, 1.54) is 18.2 Å². The van der Waals surface area contributed by atoms with E-state index in [9.17, 15) is 13.2 Å². The van der Waals surface area contributed by atoms with Gasteiger partial charge in [0.1, 0.15) is 6.07 Å². The predicted molar refractivity (Wildman–Crippen MR) is 74.2 cm³/mol. The number of benzene rings is 2. The van der Waals surface area contributed by atoms with E-state index in [-0.39, 0.29) is 11.1 Å². The third-order valence-electron chi connectivity index (χ3n) is 3.15. The second-order valence-corrected chi connectivity index (χ2v) is 4.65. The first kappa shape index (κ1) is 15.4. The highest BCUT2D eigenvalue weighted by molar-refractivity contribution is 5.61. The maximum absolute atomic E-state index is 13.3. The lowest BCUT2D eigenvalue weighted by atomic mass is 10.1. The molecule has 0 saturated carbocycles. The molecule has 22 heavy (non-hydrogen) atoms. The molecule has 0 bridgehead atoms. The van der Waals surface area contributed by atoms with Crippen molar-refractivity contribution in [1.82, 2.24) is 0 Å². The molecule has 0 fully saturated rings. The summed E-state index contributed by atoms with van der Waals surface area (Å²) < 4.78 is 39.5. The molecule has 0 aliphatic rings. The molecule has 0 aliphatic carbocycles. The maximum atomic E-state index is 13.3. The summed E-state index contributed by atoms with van der Waals surface area (Å²) in [6.45, 7) is 1.62. The summed E-state index contributed by atoms with van der Waals surface area (Å²) in [6.07, 6.45) is 0. The largest absolute Gasteiger partial charge is 0.377 e. The van der Waals surface area contributed by atoms with Crippen molar-refractivity contribution in [3.63, 3.8) is 0 Å². The van der Waals surface area contributed by atoms with Crippen LogP contribution in [0.4, 0.5) is 18.9 Å². The molecule has 0 aromatic heterocycles. The Bertz CT molecular complexity index is 780. The fourth-order valence-electron chi connectivity index (χ4n) is 1.97. The number of nitrogens with one attached hydrogen (secondary N) is 1. The standard InChI is InChI=1S/C16H10F3N3/c1-9(11-5-13(17)16(19)14(18)6-11)22-15-3-2-10(7-20)4-12(15)8-21/h2-6,9,22H,1H3. The van der Waals surface area contributed by atoms with Gasteiger partial charge in [0.05, 0.1) is 22.9 Å². The Morgan fingerprint density at radius 1 is 1.00 bits per heavy atom. The molecule has 0 amide bonds. The van der Waals surface area contributed by atoms with Gasteiger partial charge in [-0.25, -0.2) is 13.2 Å². The van der Waals surface area contributed by atoms with Gasteiger partial charge in [0.25, 0.3) is 0 Å². The SMILES string of the molecule is CC(Nc1ccc(C#N)cc1C#N)c1cc(F)c(F)c(F)c1. The Morgan fingerprint density at radius 2 is 1.64 bits per heavy atom. The predicted octanol–water partition coefficient (Wildman–Crippen LogP) is 4.02. The molecule has 0 heterocycles. The minimum atomic E-state index is -1.52. The van der Waals surface area contributed by atoms with E-state index in [2.05, 4.69) is 5.32 Å². The third kappa shape index (κ3) is 3.02. The summed E-state index contributed by atoms with van der Waals surface area (Å²) in [5.74, 6) is -4.07. The average Bonchev–Trinajstić information content (AvgIpc) is 2.52. The van der Waals surface area contributed by atoms with Crippen molar-refractivity contribution in [2.45, 2.75) is 13.0 Å². The number of rotatable bonds is 3. The fourth-order valence-corrected chi connectivity index (χ4v) is 1.97. The van der Waals surface area contributed by atoms with Crippen LogP contribution in [0.2, 0.25) is 0 Å². The van der Waals surface area contributed by atoms with E-state index in [1.54, 1.807) is 6.92 Å². The van der Waals surface area contributed by atoms with Crippen LogP contribution in [-0.2, 0) is 0 Å². The molecular weight excluding hydrogens is 291 g/mol. The monoisotopic (exact) mass is 301 g/mol. The zero-order chi connectivity index (χ0) is 16.3. The van der Waals surface area contributed by atoms with Crippen molar-refractivity contribution in [3.05, 3.63) is 64.5 Å². The summed E-state index contributed by atoms with van der Waals surface area (Å²) >= 11 is 0. The topological polar surface area (TPSA) is 59.6 Å². The number of nitrogens with zero attached hydrogens (tertiary/aromatic N) is 2. The van der Waals surface area contributed by atoms with Crippen molar-refractivity contribution < 1.29 is 13.2 Å². The quantitative estimate of drug-likeness (QED) is 0.871. The van der Waals surface area contributed by atoms with E-state index in [0.717, 1.165) is 12.1 Å². The van der Waals surface area contributed by atoms with Crippen LogP contribution in [0.15, 0.2) is 30.3 Å². The van der Waals surface area contributed by atoms with Crippen molar-refractivity contribution in [2.24, 2.45) is 0 Å². The van der Waals surface area contributed by atoms with E-state index >= 15 is 0 Å². The van der Waals surface area contributed by atoms with Crippen molar-refractivity contribution in [3.8, 4) is 12.1 Å². The molecule has 6 heteroatoms. The van der Waals surface area contributed by atoms with Gasteiger partial charge in [0, 0.05) is 6.04 Å². The number of nitriles is 2. The Hall–Kier alpha value is -2.99. The first-order chi connectivity index (χ1) is 10.5. The van der Waals surface area contributed by atoms with Crippen molar-refractivity contribution >= 4 is 5.69 Å². The van der Waals surface area contributed by atoms with E-state index in [4.69, 9.17) is 10.5 Å². The van der Waals surface area contributed by atoms with Crippen LogP contribution >= 0.6 is 0 Å². The van der Waals surface area contributed by atoms with Crippen molar-refractivity contribution in [1.29, 1.82) is 10.5 Å². The fraction of sp³-hybridized carbons (Fsp3) is 0.125. The van der Waals surface area contributed by atoms with Crippen LogP contribution in [0, 0.1) is 40.1 Å². The zero-order valence-corrected chi connectivity index (χ0v) is 11.5. The first-order valence-corrected chi connectivity index (χ1v) is 6.31. The van der Waals surface area contributed by atoms with E-state index in [1.807, 2.05) is 12.1 Å². The highest BCUT2D eigenvalue weighted by Gasteiger charge is 2.15. The smallest absolute Gasteiger partial charge is 0.194 e. The molecule has 2 rings (SSSR count). The van der Waals surface area contributed by atoms with E-state index in [0.29, 0.717) is 11.3 Å². The molecule has 1 N–H and O–H groups in total. The number of hydrogen-bond donors (Lipinski definition) is 1. The molecule has 0 spiro atoms. The summed E-state index contributed by atoms with van der Waals surface area (Å²) in [4.78, 5) is 0. The summed E-state index contributed by atoms with van der Waals surface area (Å²) in [7, 11) is 0. The van der Waals surface area contributed by atoms with Crippen molar-refractivity contribution in [2.75, 3.05) is 5.32 Å². The lowest BCUT2D eigenvalue weighted by Crippen LogP contribution is -2.09. The molecule has 0 aliphatic heterocycles.